The maximum atomic E-state index is 16.5. The van der Waals surface area contributed by atoms with Gasteiger partial charge in [-0.1, -0.05) is 49.0 Å². The predicted octanol–water partition coefficient (Wildman–Crippen LogP) is 4.87. The molecule has 0 unspecified atom stereocenters. The summed E-state index contributed by atoms with van der Waals surface area (Å²) in [5, 5.41) is 11.6. The molecule has 0 spiro atoms. The number of hydrogen-bond acceptors (Lipinski definition) is 8. The molecule has 43 heavy (non-hydrogen) atoms. The molecule has 0 radical (unpaired) electrons. The molecule has 2 saturated heterocycles. The molecule has 2 aromatic heterocycles. The van der Waals surface area contributed by atoms with Crippen LogP contribution in [0.3, 0.4) is 0 Å². The van der Waals surface area contributed by atoms with Gasteiger partial charge in [0.05, 0.1) is 23.9 Å². The van der Waals surface area contributed by atoms with Crippen LogP contribution in [-0.2, 0) is 4.79 Å². The van der Waals surface area contributed by atoms with Crippen LogP contribution in [0.1, 0.15) is 19.3 Å². The summed E-state index contributed by atoms with van der Waals surface area (Å²) in [6.07, 6.45) is 3.58. The number of likely N-dealkylation sites (N-methyl/N-ethyl adjacent to an activating group) is 1. The van der Waals surface area contributed by atoms with E-state index in [-0.39, 0.29) is 49.3 Å². The summed E-state index contributed by atoms with van der Waals surface area (Å²) < 4.78 is 36.3. The van der Waals surface area contributed by atoms with Gasteiger partial charge in [0.25, 0.3) is 5.91 Å². The second kappa shape index (κ2) is 11.9. The number of nitriles is 1. The van der Waals surface area contributed by atoms with Gasteiger partial charge in [-0.05, 0) is 37.2 Å². The van der Waals surface area contributed by atoms with Crippen molar-refractivity contribution < 1.29 is 18.3 Å². The average molecular weight is 584 g/mol. The lowest BCUT2D eigenvalue weighted by Gasteiger charge is -2.41. The van der Waals surface area contributed by atoms with Gasteiger partial charge in [0, 0.05) is 37.4 Å². The van der Waals surface area contributed by atoms with Crippen LogP contribution in [-0.4, -0.2) is 82.6 Å². The number of amides is 1. The molecule has 9 nitrogen and oxygen atoms in total. The summed E-state index contributed by atoms with van der Waals surface area (Å²) in [6.45, 7) is 5.03. The van der Waals surface area contributed by atoms with Crippen LogP contribution in [0.5, 0.6) is 6.01 Å². The van der Waals surface area contributed by atoms with Crippen molar-refractivity contribution in [2.45, 2.75) is 31.3 Å². The van der Waals surface area contributed by atoms with E-state index in [0.717, 1.165) is 30.2 Å². The van der Waals surface area contributed by atoms with E-state index in [9.17, 15) is 14.4 Å². The Morgan fingerprint density at radius 2 is 1.93 bits per heavy atom. The largest absolute Gasteiger partial charge is 0.462 e. The molecule has 4 aromatic rings. The fourth-order valence-corrected chi connectivity index (χ4v) is 6.06. The molecular formula is C32H31F2N7O2. The first-order chi connectivity index (χ1) is 20.9. The van der Waals surface area contributed by atoms with Gasteiger partial charge in [-0.3, -0.25) is 9.78 Å². The zero-order valence-electron chi connectivity index (χ0n) is 23.8. The van der Waals surface area contributed by atoms with Crippen molar-refractivity contribution in [2.75, 3.05) is 44.7 Å². The number of benzene rings is 2. The number of hydrogen-bond donors (Lipinski definition) is 0. The molecule has 6 rings (SSSR count). The Morgan fingerprint density at radius 3 is 2.70 bits per heavy atom. The van der Waals surface area contributed by atoms with Gasteiger partial charge in [0.2, 0.25) is 0 Å². The molecule has 0 N–H and O–H groups in total. The first-order valence-electron chi connectivity index (χ1n) is 14.3. The van der Waals surface area contributed by atoms with E-state index in [0.29, 0.717) is 23.4 Å². The predicted molar refractivity (Wildman–Crippen MR) is 160 cm³/mol. The third-order valence-electron chi connectivity index (χ3n) is 8.37. The van der Waals surface area contributed by atoms with E-state index >= 15 is 4.39 Å². The minimum Gasteiger partial charge on any atom is -0.462 e. The van der Waals surface area contributed by atoms with Crippen LogP contribution in [0.2, 0.25) is 0 Å². The van der Waals surface area contributed by atoms with Crippen molar-refractivity contribution in [1.82, 2.24) is 24.8 Å². The van der Waals surface area contributed by atoms with Gasteiger partial charge in [-0.25, -0.2) is 8.78 Å². The van der Waals surface area contributed by atoms with Crippen molar-refractivity contribution in [3.8, 4) is 23.3 Å². The number of piperazine rings is 1. The Labute approximate surface area is 248 Å². The molecule has 2 aromatic carbocycles. The quantitative estimate of drug-likeness (QED) is 0.284. The SMILES string of the molecule is C=C(F)C(=O)N1CCN(c2nc(OC[C@@H]3CCCN3C)nc3c(F)c(-c4cccc5ccccc45)ncc23)C[C@@H]1CC#N. The molecule has 4 heterocycles. The van der Waals surface area contributed by atoms with E-state index in [1.807, 2.05) is 54.4 Å². The van der Waals surface area contributed by atoms with E-state index in [1.165, 1.54) is 4.90 Å². The van der Waals surface area contributed by atoms with Crippen molar-refractivity contribution in [3.63, 3.8) is 0 Å². The van der Waals surface area contributed by atoms with Crippen LogP contribution in [0.15, 0.2) is 61.1 Å². The second-order valence-electron chi connectivity index (χ2n) is 11.0. The highest BCUT2D eigenvalue weighted by Gasteiger charge is 2.34. The van der Waals surface area contributed by atoms with Crippen molar-refractivity contribution >= 4 is 33.4 Å². The Morgan fingerprint density at radius 1 is 1.12 bits per heavy atom. The normalized spacial score (nSPS) is 19.1. The molecule has 1 amide bonds. The fourth-order valence-electron chi connectivity index (χ4n) is 6.06. The number of pyridine rings is 1. The third kappa shape index (κ3) is 5.46. The summed E-state index contributed by atoms with van der Waals surface area (Å²) in [5.74, 6) is -2.14. The van der Waals surface area contributed by atoms with E-state index in [1.54, 1.807) is 6.20 Å². The van der Waals surface area contributed by atoms with Gasteiger partial charge in [-0.2, -0.15) is 15.2 Å². The van der Waals surface area contributed by atoms with Crippen LogP contribution in [0.4, 0.5) is 14.6 Å². The summed E-state index contributed by atoms with van der Waals surface area (Å²) in [6, 6.07) is 15.1. The summed E-state index contributed by atoms with van der Waals surface area (Å²) >= 11 is 0. The maximum absolute atomic E-state index is 16.5. The maximum Gasteiger partial charge on any atom is 0.319 e. The second-order valence-corrected chi connectivity index (χ2v) is 11.0. The first-order valence-corrected chi connectivity index (χ1v) is 14.3. The van der Waals surface area contributed by atoms with Crippen LogP contribution in [0.25, 0.3) is 32.9 Å². The minimum atomic E-state index is -1.08. The molecular weight excluding hydrogens is 552 g/mol. The number of anilines is 1. The lowest BCUT2D eigenvalue weighted by Crippen LogP contribution is -2.55. The van der Waals surface area contributed by atoms with Gasteiger partial charge < -0.3 is 19.4 Å². The number of carbonyl (C=O) groups excluding carboxylic acids is 1. The molecule has 2 aliphatic heterocycles. The zero-order valence-corrected chi connectivity index (χ0v) is 23.8. The van der Waals surface area contributed by atoms with Gasteiger partial charge in [0.1, 0.15) is 23.6 Å². The molecule has 0 bridgehead atoms. The van der Waals surface area contributed by atoms with Crippen molar-refractivity contribution in [2.24, 2.45) is 0 Å². The Kier molecular flexibility index (Phi) is 7.86. The molecule has 11 heteroatoms. The molecule has 2 atom stereocenters. The van der Waals surface area contributed by atoms with Gasteiger partial charge >= 0.3 is 6.01 Å². The number of halogens is 2. The summed E-state index contributed by atoms with van der Waals surface area (Å²) in [5.41, 5.74) is 0.861. The van der Waals surface area contributed by atoms with Crippen LogP contribution < -0.4 is 9.64 Å². The van der Waals surface area contributed by atoms with E-state index in [2.05, 4.69) is 27.5 Å². The van der Waals surface area contributed by atoms with Gasteiger partial charge in [0.15, 0.2) is 11.6 Å². The number of carbonyl (C=O) groups is 1. The van der Waals surface area contributed by atoms with Crippen molar-refractivity contribution in [3.05, 3.63) is 66.9 Å². The lowest BCUT2D eigenvalue weighted by atomic mass is 10.0. The minimum absolute atomic E-state index is 0.0201. The summed E-state index contributed by atoms with van der Waals surface area (Å²) in [4.78, 5) is 31.6. The van der Waals surface area contributed by atoms with Crippen LogP contribution in [0, 0.1) is 17.1 Å². The molecule has 2 fully saturated rings. The highest BCUT2D eigenvalue weighted by atomic mass is 19.1. The molecule has 2 aliphatic rings. The molecule has 0 saturated carbocycles. The average Bonchev–Trinajstić information content (AvgIpc) is 3.44. The third-order valence-corrected chi connectivity index (χ3v) is 8.37. The highest BCUT2D eigenvalue weighted by molar-refractivity contribution is 5.99. The topological polar surface area (TPSA) is 98.5 Å². The Bertz CT molecular complexity index is 1750. The molecule has 220 valence electrons. The number of likely N-dealkylation sites (tertiary alicyclic amines) is 1. The Hall–Kier alpha value is -4.69. The number of ether oxygens (including phenoxy) is 1. The number of rotatable bonds is 7. The number of fused-ring (bicyclic) bond motifs is 2. The standard InChI is InChI=1S/C32H31F2N7O2/c1-20(33)31(42)41-16-15-40(18-22(41)12-13-35)30-26-17-36-28(25-11-5-8-21-7-3-4-10-24(21)25)27(34)29(26)37-32(38-30)43-19-23-9-6-14-39(23)2/h3-5,7-8,10-11,17,22-23H,1,6,9,12,14-16,18-19H2,2H3/t22-,23-/m0/s1. The first kappa shape index (κ1) is 28.4. The van der Waals surface area contributed by atoms with Gasteiger partial charge in [-0.15, -0.1) is 0 Å². The molecule has 0 aliphatic carbocycles. The number of aromatic nitrogens is 3. The smallest absolute Gasteiger partial charge is 0.319 e. The van der Waals surface area contributed by atoms with E-state index in [4.69, 9.17) is 9.72 Å². The summed E-state index contributed by atoms with van der Waals surface area (Å²) in [7, 11) is 2.04. The lowest BCUT2D eigenvalue weighted by molar-refractivity contribution is -0.131. The fraction of sp³-hybridized carbons (Fsp3) is 0.344. The zero-order chi connectivity index (χ0) is 30.1. The number of nitrogens with zero attached hydrogens (tertiary/aromatic N) is 7. The van der Waals surface area contributed by atoms with Crippen LogP contribution >= 0.6 is 0 Å². The highest BCUT2D eigenvalue weighted by Crippen LogP contribution is 2.35. The van der Waals surface area contributed by atoms with E-state index < -0.39 is 23.6 Å². The van der Waals surface area contributed by atoms with Crippen molar-refractivity contribution in [1.29, 1.82) is 5.26 Å². The monoisotopic (exact) mass is 583 g/mol. The Balaban J connectivity index is 1.44.